The topological polar surface area (TPSA) is 74.6 Å². The molecule has 0 saturated heterocycles. The Balaban J connectivity index is 0. The van der Waals surface area contributed by atoms with E-state index in [1.165, 1.54) is 0 Å². The van der Waals surface area contributed by atoms with Gasteiger partial charge in [-0.25, -0.2) is 0 Å². The van der Waals surface area contributed by atoms with Gasteiger partial charge in [0.1, 0.15) is 0 Å². The Hall–Kier alpha value is -0.541. The van der Waals surface area contributed by atoms with Gasteiger partial charge in [-0.3, -0.25) is 9.59 Å². The number of hydrogen-bond donors (Lipinski definition) is 2. The van der Waals surface area contributed by atoms with Crippen LogP contribution in [-0.2, 0) is 9.59 Å². The molecule has 0 bridgehead atoms. The number of carboxylic acid groups (broad SMARTS) is 2. The van der Waals surface area contributed by atoms with Gasteiger partial charge in [0.05, 0.1) is 12.8 Å². The molecule has 0 amide bonds. The molecule has 0 aromatic carbocycles. The van der Waals surface area contributed by atoms with E-state index < -0.39 is 11.9 Å². The summed E-state index contributed by atoms with van der Waals surface area (Å²) >= 11 is 0. The molecule has 0 atom stereocenters. The van der Waals surface area contributed by atoms with Crippen molar-refractivity contribution in [1.29, 1.82) is 0 Å². The molecule has 0 spiro atoms. The number of carbonyl (C=O) groups is 2. The van der Waals surface area contributed by atoms with Crippen molar-refractivity contribution < 1.29 is 19.8 Å². The second-order valence-corrected chi connectivity index (χ2v) is 1.29. The minimum absolute atomic E-state index is 0. The first-order valence-corrected chi connectivity index (χ1v) is 2.06. The molecule has 0 saturated carbocycles. The van der Waals surface area contributed by atoms with Gasteiger partial charge in [-0.05, 0) is 0 Å². The van der Waals surface area contributed by atoms with E-state index in [2.05, 4.69) is 0 Å². The molecule has 0 aromatic rings. The molecule has 2 N–H and O–H groups in total. The van der Waals surface area contributed by atoms with Crippen LogP contribution < -0.4 is 0 Å². The zero-order valence-electron chi connectivity index (χ0n) is 4.63. The van der Waals surface area contributed by atoms with E-state index in [1.807, 2.05) is 0 Å². The van der Waals surface area contributed by atoms with Crippen LogP contribution >= 0.6 is 0 Å². The van der Waals surface area contributed by atoms with Gasteiger partial charge < -0.3 is 10.2 Å². The molecular formula is C4H8O4Se. The van der Waals surface area contributed by atoms with Gasteiger partial charge in [-0.1, -0.05) is 0 Å². The summed E-state index contributed by atoms with van der Waals surface area (Å²) in [5.41, 5.74) is 0. The fourth-order valence-corrected chi connectivity index (χ4v) is 0.214. The molecule has 0 aromatic heterocycles. The normalized spacial score (nSPS) is 7.56. The van der Waals surface area contributed by atoms with Gasteiger partial charge in [0.2, 0.25) is 0 Å². The summed E-state index contributed by atoms with van der Waals surface area (Å²) in [5.74, 6) is -2.15. The van der Waals surface area contributed by atoms with Crippen LogP contribution in [0.3, 0.4) is 0 Å². The fourth-order valence-electron chi connectivity index (χ4n) is 0.214. The zero-order chi connectivity index (χ0) is 6.57. The van der Waals surface area contributed by atoms with Crippen LogP contribution in [0.25, 0.3) is 0 Å². The van der Waals surface area contributed by atoms with E-state index in [0.717, 1.165) is 0 Å². The molecule has 0 fully saturated rings. The van der Waals surface area contributed by atoms with Crippen molar-refractivity contribution >= 4 is 29.0 Å². The number of hydrogen-bond acceptors (Lipinski definition) is 2. The van der Waals surface area contributed by atoms with E-state index in [-0.39, 0.29) is 29.9 Å². The van der Waals surface area contributed by atoms with Crippen molar-refractivity contribution in [1.82, 2.24) is 0 Å². The van der Waals surface area contributed by atoms with E-state index in [1.54, 1.807) is 0 Å². The average molecular weight is 199 g/mol. The van der Waals surface area contributed by atoms with Crippen LogP contribution in [0.5, 0.6) is 0 Å². The third-order valence-electron chi connectivity index (χ3n) is 0.553. The fraction of sp³-hybridized carbons (Fsp3) is 0.500. The van der Waals surface area contributed by atoms with Crippen molar-refractivity contribution in [3.05, 3.63) is 0 Å². The van der Waals surface area contributed by atoms with E-state index in [9.17, 15) is 9.59 Å². The first kappa shape index (κ1) is 11.3. The summed E-state index contributed by atoms with van der Waals surface area (Å²) in [4.78, 5) is 19.3. The third-order valence-corrected chi connectivity index (χ3v) is 0.553. The zero-order valence-corrected chi connectivity index (χ0v) is 6.72. The summed E-state index contributed by atoms with van der Waals surface area (Å²) in [7, 11) is 0. The van der Waals surface area contributed by atoms with Crippen molar-refractivity contribution in [2.45, 2.75) is 12.8 Å². The SMILES string of the molecule is O=C(O)CCC(=O)O.[SeH2]. The van der Waals surface area contributed by atoms with Crippen molar-refractivity contribution in [3.63, 3.8) is 0 Å². The molecule has 0 radical (unpaired) electrons. The monoisotopic (exact) mass is 200 g/mol. The van der Waals surface area contributed by atoms with Crippen LogP contribution in [0.4, 0.5) is 0 Å². The summed E-state index contributed by atoms with van der Waals surface area (Å²) in [6.45, 7) is 0. The van der Waals surface area contributed by atoms with Gasteiger partial charge in [0, 0.05) is 0 Å². The number of rotatable bonds is 3. The Bertz CT molecular complexity index is 97.1. The molecular weight excluding hydrogens is 191 g/mol. The Kier molecular flexibility index (Phi) is 7.01. The van der Waals surface area contributed by atoms with Crippen LogP contribution in [0.1, 0.15) is 12.8 Å². The molecule has 0 aliphatic carbocycles. The molecule has 0 heterocycles. The first-order chi connectivity index (χ1) is 3.63. The van der Waals surface area contributed by atoms with Crippen LogP contribution in [0.15, 0.2) is 0 Å². The molecule has 0 aliphatic heterocycles. The maximum atomic E-state index is 9.64. The Morgan fingerprint density at radius 1 is 1.00 bits per heavy atom. The van der Waals surface area contributed by atoms with Gasteiger partial charge in [-0.15, -0.1) is 0 Å². The molecule has 0 aliphatic rings. The van der Waals surface area contributed by atoms with Gasteiger partial charge in [-0.2, -0.15) is 0 Å². The third kappa shape index (κ3) is 11.2. The molecule has 9 heavy (non-hydrogen) atoms. The van der Waals surface area contributed by atoms with Gasteiger partial charge in [0.25, 0.3) is 0 Å². The van der Waals surface area contributed by atoms with E-state index >= 15 is 0 Å². The molecule has 54 valence electrons. The summed E-state index contributed by atoms with van der Waals surface area (Å²) in [6, 6.07) is 0. The van der Waals surface area contributed by atoms with Crippen LogP contribution in [-0.4, -0.2) is 39.2 Å². The predicted octanol–water partition coefficient (Wildman–Crippen LogP) is -0.980. The quantitative estimate of drug-likeness (QED) is 0.573. The summed E-state index contributed by atoms with van der Waals surface area (Å²) in [6.07, 6.45) is -0.593. The summed E-state index contributed by atoms with van der Waals surface area (Å²) in [5, 5.41) is 15.8. The predicted molar refractivity (Wildman–Crippen MR) is 33.0 cm³/mol. The molecule has 0 rings (SSSR count). The second-order valence-electron chi connectivity index (χ2n) is 1.29. The molecule has 0 unspecified atom stereocenters. The van der Waals surface area contributed by atoms with E-state index in [0.29, 0.717) is 0 Å². The summed E-state index contributed by atoms with van der Waals surface area (Å²) < 4.78 is 0. The minimum atomic E-state index is -1.08. The number of carboxylic acids is 2. The second kappa shape index (κ2) is 5.59. The Morgan fingerprint density at radius 3 is 1.33 bits per heavy atom. The van der Waals surface area contributed by atoms with Gasteiger partial charge >= 0.3 is 29.0 Å². The first-order valence-electron chi connectivity index (χ1n) is 2.06. The van der Waals surface area contributed by atoms with Crippen LogP contribution in [0, 0.1) is 0 Å². The number of aliphatic carboxylic acids is 2. The maximum absolute atomic E-state index is 9.64. The Morgan fingerprint density at radius 2 is 1.22 bits per heavy atom. The van der Waals surface area contributed by atoms with Crippen molar-refractivity contribution in [3.8, 4) is 0 Å². The standard InChI is InChI=1S/C4H6O4.H2Se/c5-3(6)1-2-4(7)8;/h1-2H2,(H,5,6)(H,7,8);1H2. The molecule has 4 nitrogen and oxygen atoms in total. The Labute approximate surface area is 62.3 Å². The average Bonchev–Trinajstić information content (AvgIpc) is 1.61. The van der Waals surface area contributed by atoms with Gasteiger partial charge in [0.15, 0.2) is 0 Å². The van der Waals surface area contributed by atoms with E-state index in [4.69, 9.17) is 10.2 Å². The molecule has 5 heteroatoms. The van der Waals surface area contributed by atoms with Crippen molar-refractivity contribution in [2.24, 2.45) is 0 Å². The van der Waals surface area contributed by atoms with Crippen LogP contribution in [0.2, 0.25) is 0 Å². The van der Waals surface area contributed by atoms with Crippen molar-refractivity contribution in [2.75, 3.05) is 0 Å².